The van der Waals surface area contributed by atoms with Gasteiger partial charge in [0.2, 0.25) is 0 Å². The summed E-state index contributed by atoms with van der Waals surface area (Å²) >= 11 is 0. The van der Waals surface area contributed by atoms with Gasteiger partial charge in [0.15, 0.2) is 17.2 Å². The van der Waals surface area contributed by atoms with E-state index in [2.05, 4.69) is 29.5 Å². The lowest BCUT2D eigenvalue weighted by molar-refractivity contribution is 0.0596. The van der Waals surface area contributed by atoms with Crippen molar-refractivity contribution < 1.29 is 14.3 Å². The molecule has 8 nitrogen and oxygen atoms in total. The second kappa shape index (κ2) is 7.74. The van der Waals surface area contributed by atoms with Crippen LogP contribution in [0.3, 0.4) is 0 Å². The molecule has 1 aromatic heterocycles. The van der Waals surface area contributed by atoms with Crippen LogP contribution in [0.25, 0.3) is 5.69 Å². The van der Waals surface area contributed by atoms with Crippen LogP contribution in [0.1, 0.15) is 30.0 Å². The van der Waals surface area contributed by atoms with Crippen LogP contribution in [-0.4, -0.2) is 64.2 Å². The van der Waals surface area contributed by atoms with Crippen LogP contribution in [0, 0.1) is 6.92 Å². The molecule has 146 valence electrons. The highest BCUT2D eigenvalue weighted by atomic mass is 35.5. The first kappa shape index (κ1) is 19.4. The Balaban J connectivity index is 0.00000210. The van der Waals surface area contributed by atoms with Crippen molar-refractivity contribution in [3.8, 4) is 17.2 Å². The van der Waals surface area contributed by atoms with E-state index in [-0.39, 0.29) is 30.4 Å². The van der Waals surface area contributed by atoms with Crippen molar-refractivity contribution in [2.24, 2.45) is 0 Å². The quantitative estimate of drug-likeness (QED) is 0.834. The van der Waals surface area contributed by atoms with Crippen molar-refractivity contribution in [1.29, 1.82) is 0 Å². The van der Waals surface area contributed by atoms with E-state index >= 15 is 0 Å². The van der Waals surface area contributed by atoms with Crippen molar-refractivity contribution >= 4 is 18.3 Å². The first-order valence-corrected chi connectivity index (χ1v) is 8.93. The van der Waals surface area contributed by atoms with E-state index in [1.807, 2.05) is 30.0 Å². The summed E-state index contributed by atoms with van der Waals surface area (Å²) in [5.41, 5.74) is 1.89. The molecule has 0 saturated carbocycles. The molecular weight excluding hydrogens is 370 g/mol. The van der Waals surface area contributed by atoms with Crippen molar-refractivity contribution in [3.05, 3.63) is 29.6 Å². The topological polar surface area (TPSA) is 81.5 Å². The van der Waals surface area contributed by atoms with E-state index in [4.69, 9.17) is 9.47 Å². The normalized spacial score (nSPS) is 21.5. The minimum atomic E-state index is -0.0767. The highest BCUT2D eigenvalue weighted by Gasteiger charge is 2.31. The Bertz CT molecular complexity index is 840. The number of fused-ring (bicyclic) bond motifs is 1. The van der Waals surface area contributed by atoms with Crippen LogP contribution in [0.2, 0.25) is 0 Å². The number of piperazine rings is 1. The van der Waals surface area contributed by atoms with Gasteiger partial charge in [0.25, 0.3) is 5.91 Å². The Morgan fingerprint density at radius 1 is 1.22 bits per heavy atom. The molecule has 1 amide bonds. The SMILES string of the molecule is Cc1c(C(=O)N2CCNC(C)C2C)nnn1-c1ccc2c(c1)OCCO2.Cl. The maximum absolute atomic E-state index is 13.0. The van der Waals surface area contributed by atoms with E-state index in [0.717, 1.165) is 18.0 Å². The van der Waals surface area contributed by atoms with Gasteiger partial charge >= 0.3 is 0 Å². The van der Waals surface area contributed by atoms with Crippen LogP contribution in [0.4, 0.5) is 0 Å². The zero-order valence-corrected chi connectivity index (χ0v) is 16.5. The molecule has 0 bridgehead atoms. The Morgan fingerprint density at radius 2 is 1.96 bits per heavy atom. The molecule has 1 aromatic carbocycles. The molecule has 2 aromatic rings. The number of halogens is 1. The van der Waals surface area contributed by atoms with E-state index < -0.39 is 0 Å². The highest BCUT2D eigenvalue weighted by molar-refractivity contribution is 5.93. The summed E-state index contributed by atoms with van der Waals surface area (Å²) in [6, 6.07) is 5.96. The molecule has 1 N–H and O–H groups in total. The van der Waals surface area contributed by atoms with Gasteiger partial charge in [-0.05, 0) is 32.9 Å². The third-order valence-electron chi connectivity index (χ3n) is 5.16. The summed E-state index contributed by atoms with van der Waals surface area (Å²) in [5.74, 6) is 1.32. The van der Waals surface area contributed by atoms with Crippen molar-refractivity contribution in [2.45, 2.75) is 32.9 Å². The van der Waals surface area contributed by atoms with Gasteiger partial charge in [0.1, 0.15) is 13.2 Å². The standard InChI is InChI=1S/C18H23N5O3.ClH/c1-11-12(2)22(7-6-19-11)18(24)17-13(3)23(21-20-17)14-4-5-15-16(10-14)26-9-8-25-15;/h4-5,10-12,19H,6-9H2,1-3H3;1H. The number of nitrogens with zero attached hydrogens (tertiary/aromatic N) is 4. The third kappa shape index (κ3) is 3.46. The number of hydrogen-bond donors (Lipinski definition) is 1. The third-order valence-corrected chi connectivity index (χ3v) is 5.16. The lowest BCUT2D eigenvalue weighted by atomic mass is 10.1. The average Bonchev–Trinajstić information content (AvgIpc) is 3.04. The predicted molar refractivity (Wildman–Crippen MR) is 102 cm³/mol. The maximum Gasteiger partial charge on any atom is 0.276 e. The molecule has 0 radical (unpaired) electrons. The fourth-order valence-electron chi connectivity index (χ4n) is 3.42. The summed E-state index contributed by atoms with van der Waals surface area (Å²) in [4.78, 5) is 14.9. The molecule has 2 atom stereocenters. The number of amides is 1. The Kier molecular flexibility index (Phi) is 5.57. The molecule has 1 fully saturated rings. The molecule has 3 heterocycles. The van der Waals surface area contributed by atoms with Gasteiger partial charge in [0, 0.05) is 31.2 Å². The van der Waals surface area contributed by atoms with E-state index in [9.17, 15) is 4.79 Å². The molecule has 2 unspecified atom stereocenters. The fraction of sp³-hybridized carbons (Fsp3) is 0.500. The van der Waals surface area contributed by atoms with Crippen LogP contribution < -0.4 is 14.8 Å². The average molecular weight is 394 g/mol. The predicted octanol–water partition coefficient (Wildman–Crippen LogP) is 1.59. The monoisotopic (exact) mass is 393 g/mol. The number of nitrogens with one attached hydrogen (secondary N) is 1. The maximum atomic E-state index is 13.0. The highest BCUT2D eigenvalue weighted by Crippen LogP contribution is 2.32. The summed E-state index contributed by atoms with van der Waals surface area (Å²) in [5, 5.41) is 11.8. The van der Waals surface area contributed by atoms with Crippen molar-refractivity contribution in [3.63, 3.8) is 0 Å². The molecule has 2 aliphatic rings. The van der Waals surface area contributed by atoms with Gasteiger partial charge in [-0.25, -0.2) is 4.68 Å². The largest absolute Gasteiger partial charge is 0.486 e. The number of ether oxygens (including phenoxy) is 2. The van der Waals surface area contributed by atoms with Gasteiger partial charge < -0.3 is 19.7 Å². The number of hydrogen-bond acceptors (Lipinski definition) is 6. The van der Waals surface area contributed by atoms with E-state index in [0.29, 0.717) is 36.9 Å². The molecule has 0 spiro atoms. The first-order valence-electron chi connectivity index (χ1n) is 8.93. The number of aromatic nitrogens is 3. The molecule has 4 rings (SSSR count). The van der Waals surface area contributed by atoms with E-state index in [1.165, 1.54) is 0 Å². The minimum absolute atomic E-state index is 0. The van der Waals surface area contributed by atoms with Gasteiger partial charge in [-0.1, -0.05) is 5.21 Å². The van der Waals surface area contributed by atoms with Gasteiger partial charge in [-0.3, -0.25) is 4.79 Å². The fourth-order valence-corrected chi connectivity index (χ4v) is 3.42. The van der Waals surface area contributed by atoms with Gasteiger partial charge in [-0.15, -0.1) is 17.5 Å². The Hall–Kier alpha value is -2.32. The zero-order chi connectivity index (χ0) is 18.3. The summed E-state index contributed by atoms with van der Waals surface area (Å²) < 4.78 is 12.9. The van der Waals surface area contributed by atoms with Crippen LogP contribution in [0.15, 0.2) is 18.2 Å². The van der Waals surface area contributed by atoms with Crippen LogP contribution >= 0.6 is 12.4 Å². The number of carbonyl (C=O) groups excluding carboxylic acids is 1. The molecule has 9 heteroatoms. The number of carbonyl (C=O) groups is 1. The summed E-state index contributed by atoms with van der Waals surface area (Å²) in [7, 11) is 0. The number of benzene rings is 1. The minimum Gasteiger partial charge on any atom is -0.486 e. The second-order valence-corrected chi connectivity index (χ2v) is 6.75. The van der Waals surface area contributed by atoms with Gasteiger partial charge in [0.05, 0.1) is 11.4 Å². The second-order valence-electron chi connectivity index (χ2n) is 6.75. The summed E-state index contributed by atoms with van der Waals surface area (Å²) in [6.07, 6.45) is 0. The zero-order valence-electron chi connectivity index (χ0n) is 15.6. The molecular formula is C18H24ClN5O3. The molecule has 2 aliphatic heterocycles. The molecule has 27 heavy (non-hydrogen) atoms. The lowest BCUT2D eigenvalue weighted by Gasteiger charge is -2.38. The van der Waals surface area contributed by atoms with Crippen molar-refractivity contribution in [1.82, 2.24) is 25.2 Å². The first-order chi connectivity index (χ1) is 12.6. The van der Waals surface area contributed by atoms with Crippen molar-refractivity contribution in [2.75, 3.05) is 26.3 Å². The Labute approximate surface area is 164 Å². The summed E-state index contributed by atoms with van der Waals surface area (Å²) in [6.45, 7) is 8.52. The molecule has 0 aliphatic carbocycles. The van der Waals surface area contributed by atoms with Gasteiger partial charge in [-0.2, -0.15) is 0 Å². The van der Waals surface area contributed by atoms with Crippen LogP contribution in [0.5, 0.6) is 11.5 Å². The van der Waals surface area contributed by atoms with Crippen LogP contribution in [-0.2, 0) is 0 Å². The lowest BCUT2D eigenvalue weighted by Crippen LogP contribution is -2.57. The number of rotatable bonds is 2. The molecule has 1 saturated heterocycles. The van der Waals surface area contributed by atoms with E-state index in [1.54, 1.807) is 4.68 Å². The Morgan fingerprint density at radius 3 is 2.74 bits per heavy atom. The smallest absolute Gasteiger partial charge is 0.276 e.